The van der Waals surface area contributed by atoms with E-state index in [4.69, 9.17) is 19.9 Å². The average molecular weight is 414 g/mol. The van der Waals surface area contributed by atoms with E-state index < -0.39 is 26.2 Å². The summed E-state index contributed by atoms with van der Waals surface area (Å²) in [7, 11) is -3.98. The molecule has 1 aromatic carbocycles. The Morgan fingerprint density at radius 2 is 1.79 bits per heavy atom. The molecular formula is C20H31NO6S. The van der Waals surface area contributed by atoms with Crippen molar-refractivity contribution in [3.05, 3.63) is 24.3 Å². The lowest BCUT2D eigenvalue weighted by Crippen LogP contribution is -2.53. The Labute approximate surface area is 167 Å². The first-order chi connectivity index (χ1) is 13.0. The van der Waals surface area contributed by atoms with Gasteiger partial charge in [-0.2, -0.15) is 0 Å². The highest BCUT2D eigenvalue weighted by atomic mass is 32.2. The van der Waals surface area contributed by atoms with Crippen LogP contribution in [0.1, 0.15) is 40.5 Å². The van der Waals surface area contributed by atoms with E-state index in [9.17, 15) is 13.2 Å². The van der Waals surface area contributed by atoms with Gasteiger partial charge >= 0.3 is 5.97 Å². The molecule has 0 radical (unpaired) electrons. The lowest BCUT2D eigenvalue weighted by Gasteiger charge is -2.36. The summed E-state index contributed by atoms with van der Waals surface area (Å²) >= 11 is 0. The molecule has 1 aliphatic rings. The molecule has 158 valence electrons. The molecule has 0 bridgehead atoms. The fourth-order valence-electron chi connectivity index (χ4n) is 2.90. The Bertz CT molecular complexity index is 761. The second-order valence-corrected chi connectivity index (χ2v) is 10.5. The van der Waals surface area contributed by atoms with Gasteiger partial charge in [0.1, 0.15) is 11.4 Å². The van der Waals surface area contributed by atoms with Crippen molar-refractivity contribution in [1.29, 1.82) is 0 Å². The van der Waals surface area contributed by atoms with Crippen molar-refractivity contribution in [3.63, 3.8) is 0 Å². The van der Waals surface area contributed by atoms with Crippen molar-refractivity contribution in [3.8, 4) is 5.75 Å². The van der Waals surface area contributed by atoms with Gasteiger partial charge in [-0.3, -0.25) is 4.79 Å². The van der Waals surface area contributed by atoms with Gasteiger partial charge in [-0.1, -0.05) is 6.92 Å². The molecule has 8 heteroatoms. The van der Waals surface area contributed by atoms with Crippen molar-refractivity contribution in [2.45, 2.75) is 55.8 Å². The van der Waals surface area contributed by atoms with Crippen molar-refractivity contribution in [2.75, 3.05) is 26.4 Å². The van der Waals surface area contributed by atoms with Crippen LogP contribution in [0.2, 0.25) is 0 Å². The van der Waals surface area contributed by atoms with Crippen molar-refractivity contribution in [2.24, 2.45) is 11.7 Å². The largest absolute Gasteiger partial charge is 0.493 e. The zero-order chi connectivity index (χ0) is 21.0. The molecule has 1 fully saturated rings. The molecule has 1 aromatic rings. The van der Waals surface area contributed by atoms with Crippen LogP contribution in [0.5, 0.6) is 5.75 Å². The second-order valence-electron chi connectivity index (χ2n) is 8.24. The molecule has 1 aliphatic heterocycles. The summed E-state index contributed by atoms with van der Waals surface area (Å²) in [5.41, 5.74) is 4.79. The molecule has 7 nitrogen and oxygen atoms in total. The van der Waals surface area contributed by atoms with Crippen LogP contribution >= 0.6 is 0 Å². The number of sulfone groups is 1. The molecule has 0 saturated carbocycles. The van der Waals surface area contributed by atoms with Gasteiger partial charge in [0.15, 0.2) is 14.6 Å². The molecule has 28 heavy (non-hydrogen) atoms. The Morgan fingerprint density at radius 3 is 2.29 bits per heavy atom. The van der Waals surface area contributed by atoms with Gasteiger partial charge < -0.3 is 19.9 Å². The first-order valence-corrected chi connectivity index (χ1v) is 11.0. The second kappa shape index (κ2) is 8.80. The Balaban J connectivity index is 2.31. The summed E-state index contributed by atoms with van der Waals surface area (Å²) in [5.74, 6) is 0.0269. The van der Waals surface area contributed by atoms with Crippen molar-refractivity contribution >= 4 is 15.8 Å². The van der Waals surface area contributed by atoms with Crippen LogP contribution < -0.4 is 10.5 Å². The zero-order valence-corrected chi connectivity index (χ0v) is 17.9. The summed E-state index contributed by atoms with van der Waals surface area (Å²) < 4.78 is 41.7. The van der Waals surface area contributed by atoms with Gasteiger partial charge in [-0.15, -0.1) is 0 Å². The maximum atomic E-state index is 13.4. The van der Waals surface area contributed by atoms with Crippen LogP contribution in [-0.2, 0) is 24.1 Å². The number of nitrogens with two attached hydrogens (primary N) is 1. The fourth-order valence-corrected chi connectivity index (χ4v) is 4.81. The van der Waals surface area contributed by atoms with Gasteiger partial charge in [0.2, 0.25) is 0 Å². The molecule has 0 unspecified atom stereocenters. The molecule has 0 aromatic heterocycles. The number of hydrogen-bond acceptors (Lipinski definition) is 7. The van der Waals surface area contributed by atoms with Gasteiger partial charge in [0.25, 0.3) is 0 Å². The normalized spacial score (nSPS) is 18.3. The molecule has 2 rings (SSSR count). The van der Waals surface area contributed by atoms with E-state index in [1.165, 1.54) is 12.1 Å². The third-order valence-electron chi connectivity index (χ3n) is 4.66. The van der Waals surface area contributed by atoms with E-state index in [1.807, 2.05) is 6.92 Å². The topological polar surface area (TPSA) is 105 Å². The van der Waals surface area contributed by atoms with E-state index in [0.717, 1.165) is 0 Å². The molecule has 1 atom stereocenters. The third kappa shape index (κ3) is 5.04. The van der Waals surface area contributed by atoms with Crippen molar-refractivity contribution < 1.29 is 27.4 Å². The summed E-state index contributed by atoms with van der Waals surface area (Å²) in [4.78, 5) is 13.0. The van der Waals surface area contributed by atoms with Crippen LogP contribution in [0, 0.1) is 5.92 Å². The van der Waals surface area contributed by atoms with Crippen molar-refractivity contribution in [1.82, 2.24) is 0 Å². The zero-order valence-electron chi connectivity index (χ0n) is 17.1. The van der Waals surface area contributed by atoms with Crippen LogP contribution in [0.4, 0.5) is 0 Å². The summed E-state index contributed by atoms with van der Waals surface area (Å²) in [6.07, 6.45) is 0.132. The lowest BCUT2D eigenvalue weighted by atomic mass is 9.99. The van der Waals surface area contributed by atoms with Crippen LogP contribution in [-0.4, -0.2) is 51.1 Å². The van der Waals surface area contributed by atoms with E-state index in [0.29, 0.717) is 18.9 Å². The minimum absolute atomic E-state index is 0.0660. The SMILES string of the molecule is C[C@@H](CN)COc1ccc(S(=O)(=O)C2(C(=O)OC(C)(C)C)CCOCC2)cc1. The molecule has 1 heterocycles. The number of carbonyl (C=O) groups excluding carboxylic acids is 1. The fraction of sp³-hybridized carbons (Fsp3) is 0.650. The Morgan fingerprint density at radius 1 is 1.21 bits per heavy atom. The Kier molecular flexibility index (Phi) is 7.12. The van der Waals surface area contributed by atoms with Gasteiger partial charge in [-0.25, -0.2) is 8.42 Å². The van der Waals surface area contributed by atoms with E-state index in [2.05, 4.69) is 0 Å². The standard InChI is InChI=1S/C20H31NO6S/c1-15(13-21)14-26-16-5-7-17(8-6-16)28(23,24)20(9-11-25-12-10-20)18(22)27-19(2,3)4/h5-8,15H,9-14,21H2,1-4H3/t15-/m0/s1. The number of carbonyl (C=O) groups is 1. The third-order valence-corrected chi connectivity index (χ3v) is 7.15. The molecule has 0 aliphatic carbocycles. The van der Waals surface area contributed by atoms with Gasteiger partial charge in [-0.05, 0) is 51.6 Å². The average Bonchev–Trinajstić information content (AvgIpc) is 2.65. The number of ether oxygens (including phenoxy) is 3. The maximum absolute atomic E-state index is 13.4. The van der Waals surface area contributed by atoms with E-state index >= 15 is 0 Å². The minimum atomic E-state index is -3.98. The summed E-state index contributed by atoms with van der Waals surface area (Å²) in [5, 5.41) is 0. The predicted octanol–water partition coefficient (Wildman–Crippen LogP) is 2.32. The summed E-state index contributed by atoms with van der Waals surface area (Å²) in [6, 6.07) is 6.13. The monoisotopic (exact) mass is 413 g/mol. The molecule has 1 saturated heterocycles. The number of benzene rings is 1. The maximum Gasteiger partial charge on any atom is 0.328 e. The Hall–Kier alpha value is -1.64. The first kappa shape index (κ1) is 22.6. The highest BCUT2D eigenvalue weighted by molar-refractivity contribution is 7.93. The molecular weight excluding hydrogens is 382 g/mol. The van der Waals surface area contributed by atoms with Crippen LogP contribution in [0.15, 0.2) is 29.2 Å². The predicted molar refractivity (Wildman–Crippen MR) is 106 cm³/mol. The van der Waals surface area contributed by atoms with E-state index in [1.54, 1.807) is 32.9 Å². The minimum Gasteiger partial charge on any atom is -0.493 e. The van der Waals surface area contributed by atoms with Crippen LogP contribution in [0.3, 0.4) is 0 Å². The quantitative estimate of drug-likeness (QED) is 0.684. The van der Waals surface area contributed by atoms with Gasteiger partial charge in [0, 0.05) is 32.0 Å². The van der Waals surface area contributed by atoms with Gasteiger partial charge in [0.05, 0.1) is 11.5 Å². The number of hydrogen-bond donors (Lipinski definition) is 1. The lowest BCUT2D eigenvalue weighted by molar-refractivity contribution is -0.160. The van der Waals surface area contributed by atoms with E-state index in [-0.39, 0.29) is 36.9 Å². The highest BCUT2D eigenvalue weighted by Crippen LogP contribution is 2.37. The molecule has 2 N–H and O–H groups in total. The smallest absolute Gasteiger partial charge is 0.328 e. The number of esters is 1. The first-order valence-electron chi connectivity index (χ1n) is 9.50. The van der Waals surface area contributed by atoms with Crippen LogP contribution in [0.25, 0.3) is 0 Å². The molecule has 0 amide bonds. The molecule has 0 spiro atoms. The number of rotatable bonds is 7. The highest BCUT2D eigenvalue weighted by Gasteiger charge is 2.54. The summed E-state index contributed by atoms with van der Waals surface area (Å²) in [6.45, 7) is 8.47.